The molecule has 100 valence electrons. The highest BCUT2D eigenvalue weighted by atomic mass is 19.1. The molecule has 0 aromatic heterocycles. The molecule has 0 heterocycles. The first-order valence-electron chi connectivity index (χ1n) is 5.86. The van der Waals surface area contributed by atoms with E-state index in [1.54, 1.807) is 24.3 Å². The predicted octanol–water partition coefficient (Wildman–Crippen LogP) is 3.25. The fourth-order valence-electron chi connectivity index (χ4n) is 1.96. The van der Waals surface area contributed by atoms with Crippen LogP contribution in [-0.4, -0.2) is 12.2 Å². The van der Waals surface area contributed by atoms with Crippen molar-refractivity contribution in [2.75, 3.05) is 7.11 Å². The highest BCUT2D eigenvalue weighted by Crippen LogP contribution is 2.28. The van der Waals surface area contributed by atoms with E-state index in [1.165, 1.54) is 7.11 Å². The number of para-hydroxylation sites is 1. The summed E-state index contributed by atoms with van der Waals surface area (Å²) in [5.41, 5.74) is 0.687. The van der Waals surface area contributed by atoms with Crippen molar-refractivity contribution in [2.45, 2.75) is 12.5 Å². The lowest BCUT2D eigenvalue weighted by molar-refractivity contribution is 0.172. The molecule has 2 nitrogen and oxygen atoms in total. The van der Waals surface area contributed by atoms with Crippen molar-refractivity contribution in [1.29, 1.82) is 0 Å². The SMILES string of the molecule is COc1ccccc1C(O)Cc1cc(F)ccc1F. The van der Waals surface area contributed by atoms with Crippen molar-refractivity contribution in [3.8, 4) is 5.75 Å². The number of hydrogen-bond acceptors (Lipinski definition) is 2. The van der Waals surface area contributed by atoms with Gasteiger partial charge in [0.15, 0.2) is 0 Å². The summed E-state index contributed by atoms with van der Waals surface area (Å²) < 4.78 is 31.7. The molecule has 2 aromatic rings. The van der Waals surface area contributed by atoms with Crippen molar-refractivity contribution in [1.82, 2.24) is 0 Å². The van der Waals surface area contributed by atoms with E-state index in [-0.39, 0.29) is 12.0 Å². The maximum atomic E-state index is 13.5. The Hall–Kier alpha value is -1.94. The minimum atomic E-state index is -0.951. The summed E-state index contributed by atoms with van der Waals surface area (Å²) in [7, 11) is 1.49. The second-order valence-electron chi connectivity index (χ2n) is 4.20. The number of hydrogen-bond donors (Lipinski definition) is 1. The van der Waals surface area contributed by atoms with Crippen molar-refractivity contribution in [2.24, 2.45) is 0 Å². The average Bonchev–Trinajstić information content (AvgIpc) is 2.42. The number of rotatable bonds is 4. The van der Waals surface area contributed by atoms with Crippen LogP contribution in [-0.2, 0) is 6.42 Å². The summed E-state index contributed by atoms with van der Waals surface area (Å²) in [6.45, 7) is 0. The largest absolute Gasteiger partial charge is 0.496 e. The van der Waals surface area contributed by atoms with Gasteiger partial charge in [0.25, 0.3) is 0 Å². The van der Waals surface area contributed by atoms with Gasteiger partial charge >= 0.3 is 0 Å². The summed E-state index contributed by atoms with van der Waals surface area (Å²) in [4.78, 5) is 0. The molecule has 1 N–H and O–H groups in total. The van der Waals surface area contributed by atoms with E-state index in [4.69, 9.17) is 4.74 Å². The van der Waals surface area contributed by atoms with Gasteiger partial charge in [0.2, 0.25) is 0 Å². The smallest absolute Gasteiger partial charge is 0.126 e. The first-order chi connectivity index (χ1) is 9.11. The van der Waals surface area contributed by atoms with Crippen LogP contribution >= 0.6 is 0 Å². The Morgan fingerprint density at radius 1 is 1.16 bits per heavy atom. The minimum absolute atomic E-state index is 0.00995. The van der Waals surface area contributed by atoms with E-state index in [9.17, 15) is 13.9 Å². The number of aliphatic hydroxyl groups is 1. The van der Waals surface area contributed by atoms with Crippen molar-refractivity contribution >= 4 is 0 Å². The number of aliphatic hydroxyl groups excluding tert-OH is 1. The summed E-state index contributed by atoms with van der Waals surface area (Å²) in [6, 6.07) is 10.1. The number of methoxy groups -OCH3 is 1. The lowest BCUT2D eigenvalue weighted by atomic mass is 10.00. The molecule has 0 saturated carbocycles. The molecular weight excluding hydrogens is 250 g/mol. The van der Waals surface area contributed by atoms with Crippen LogP contribution in [0.4, 0.5) is 8.78 Å². The van der Waals surface area contributed by atoms with E-state index < -0.39 is 17.7 Å². The van der Waals surface area contributed by atoms with Crippen LogP contribution in [0, 0.1) is 11.6 Å². The molecule has 4 heteroatoms. The normalized spacial score (nSPS) is 12.2. The molecule has 1 atom stereocenters. The molecule has 2 rings (SSSR count). The van der Waals surface area contributed by atoms with E-state index in [0.717, 1.165) is 18.2 Å². The number of halogens is 2. The third kappa shape index (κ3) is 3.09. The fraction of sp³-hybridized carbons (Fsp3) is 0.200. The lowest BCUT2D eigenvalue weighted by Gasteiger charge is -2.15. The molecule has 0 aliphatic heterocycles. The van der Waals surface area contributed by atoms with E-state index in [0.29, 0.717) is 11.3 Å². The third-order valence-corrected chi connectivity index (χ3v) is 2.92. The Labute approximate surface area is 110 Å². The van der Waals surface area contributed by atoms with Gasteiger partial charge in [-0.05, 0) is 29.8 Å². The molecule has 2 aromatic carbocycles. The van der Waals surface area contributed by atoms with E-state index in [2.05, 4.69) is 0 Å². The minimum Gasteiger partial charge on any atom is -0.496 e. The van der Waals surface area contributed by atoms with Gasteiger partial charge < -0.3 is 9.84 Å². The molecule has 19 heavy (non-hydrogen) atoms. The summed E-state index contributed by atoms with van der Waals surface area (Å²) in [6.07, 6.45) is -0.961. The Kier molecular flexibility index (Phi) is 4.12. The van der Waals surface area contributed by atoms with Crippen LogP contribution in [0.3, 0.4) is 0 Å². The van der Waals surface area contributed by atoms with Gasteiger partial charge in [0, 0.05) is 12.0 Å². The van der Waals surface area contributed by atoms with Gasteiger partial charge in [-0.1, -0.05) is 18.2 Å². The van der Waals surface area contributed by atoms with Crippen LogP contribution in [0.25, 0.3) is 0 Å². The lowest BCUT2D eigenvalue weighted by Crippen LogP contribution is -2.05. The van der Waals surface area contributed by atoms with Gasteiger partial charge in [0.1, 0.15) is 17.4 Å². The first kappa shape index (κ1) is 13.5. The molecule has 0 aliphatic carbocycles. The molecule has 0 saturated heterocycles. The molecular formula is C15H14F2O2. The number of benzene rings is 2. The summed E-state index contributed by atoms with van der Waals surface area (Å²) >= 11 is 0. The molecule has 0 spiro atoms. The molecule has 0 bridgehead atoms. The van der Waals surface area contributed by atoms with Gasteiger partial charge in [-0.25, -0.2) is 8.78 Å². The van der Waals surface area contributed by atoms with E-state index >= 15 is 0 Å². The zero-order valence-electron chi connectivity index (χ0n) is 10.4. The fourth-order valence-corrected chi connectivity index (χ4v) is 1.96. The molecule has 0 aliphatic rings. The van der Waals surface area contributed by atoms with Gasteiger partial charge in [0.05, 0.1) is 13.2 Å². The van der Waals surface area contributed by atoms with Gasteiger partial charge in [-0.3, -0.25) is 0 Å². The van der Waals surface area contributed by atoms with Crippen molar-refractivity contribution < 1.29 is 18.6 Å². The second kappa shape index (κ2) is 5.80. The van der Waals surface area contributed by atoms with Crippen molar-refractivity contribution in [3.05, 3.63) is 65.2 Å². The molecule has 0 radical (unpaired) electrons. The average molecular weight is 264 g/mol. The monoisotopic (exact) mass is 264 g/mol. The standard InChI is InChI=1S/C15H14F2O2/c1-19-15-5-3-2-4-12(15)14(18)9-10-8-11(16)6-7-13(10)17/h2-8,14,18H,9H2,1H3. The first-order valence-corrected chi connectivity index (χ1v) is 5.86. The van der Waals surface area contributed by atoms with E-state index in [1.807, 2.05) is 0 Å². The molecule has 1 unspecified atom stereocenters. The zero-order chi connectivity index (χ0) is 13.8. The van der Waals surface area contributed by atoms with Crippen LogP contribution in [0.15, 0.2) is 42.5 Å². The van der Waals surface area contributed by atoms with Crippen LogP contribution in [0.5, 0.6) is 5.75 Å². The Morgan fingerprint density at radius 2 is 1.89 bits per heavy atom. The maximum absolute atomic E-state index is 13.5. The topological polar surface area (TPSA) is 29.5 Å². The van der Waals surface area contributed by atoms with Gasteiger partial charge in [-0.15, -0.1) is 0 Å². The maximum Gasteiger partial charge on any atom is 0.126 e. The Balaban J connectivity index is 2.25. The van der Waals surface area contributed by atoms with Gasteiger partial charge in [-0.2, -0.15) is 0 Å². The summed E-state index contributed by atoms with van der Waals surface area (Å²) in [5, 5.41) is 10.1. The highest BCUT2D eigenvalue weighted by molar-refractivity contribution is 5.36. The number of ether oxygens (including phenoxy) is 1. The zero-order valence-corrected chi connectivity index (χ0v) is 10.4. The predicted molar refractivity (Wildman–Crippen MR) is 68.0 cm³/mol. The quantitative estimate of drug-likeness (QED) is 0.918. The Bertz CT molecular complexity index is 570. The van der Waals surface area contributed by atoms with Crippen LogP contribution in [0.2, 0.25) is 0 Å². The highest BCUT2D eigenvalue weighted by Gasteiger charge is 2.15. The van der Waals surface area contributed by atoms with Crippen LogP contribution < -0.4 is 4.74 Å². The second-order valence-corrected chi connectivity index (χ2v) is 4.20. The van der Waals surface area contributed by atoms with Crippen LogP contribution in [0.1, 0.15) is 17.2 Å². The summed E-state index contributed by atoms with van der Waals surface area (Å²) in [5.74, 6) is -0.536. The third-order valence-electron chi connectivity index (χ3n) is 2.92. The molecule has 0 fully saturated rings. The Morgan fingerprint density at radius 3 is 2.63 bits per heavy atom. The van der Waals surface area contributed by atoms with Crippen molar-refractivity contribution in [3.63, 3.8) is 0 Å². The molecule has 0 amide bonds.